The van der Waals surface area contributed by atoms with Crippen molar-refractivity contribution in [1.29, 1.82) is 0 Å². The molecule has 0 saturated heterocycles. The van der Waals surface area contributed by atoms with E-state index in [2.05, 4.69) is 0 Å². The van der Waals surface area contributed by atoms with Gasteiger partial charge in [0.25, 0.3) is 0 Å². The van der Waals surface area contributed by atoms with Crippen LogP contribution in [0.5, 0.6) is 5.75 Å². The van der Waals surface area contributed by atoms with Gasteiger partial charge in [0.2, 0.25) is 0 Å². The van der Waals surface area contributed by atoms with Crippen molar-refractivity contribution in [2.45, 2.75) is 46.0 Å². The van der Waals surface area contributed by atoms with E-state index < -0.39 is 11.9 Å². The van der Waals surface area contributed by atoms with Gasteiger partial charge in [-0.05, 0) is 30.4 Å². The van der Waals surface area contributed by atoms with Crippen molar-refractivity contribution in [3.63, 3.8) is 0 Å². The largest absolute Gasteiger partial charge is 0.507 e. The second-order valence-electron chi connectivity index (χ2n) is 4.64. The van der Waals surface area contributed by atoms with Crippen LogP contribution in [0.4, 0.5) is 0 Å². The van der Waals surface area contributed by atoms with Crippen LogP contribution in [0.15, 0.2) is 12.1 Å². The summed E-state index contributed by atoms with van der Waals surface area (Å²) in [4.78, 5) is 11.1. The van der Waals surface area contributed by atoms with Gasteiger partial charge in [0.1, 0.15) is 5.75 Å². The number of carboxylic acids is 1. The number of carboxylic acid groups (broad SMARTS) is 1. The van der Waals surface area contributed by atoms with Gasteiger partial charge in [-0.25, -0.2) is 0 Å². The fourth-order valence-corrected chi connectivity index (χ4v) is 2.04. The monoisotopic (exact) mass is 236 g/mol. The van der Waals surface area contributed by atoms with Crippen molar-refractivity contribution in [3.8, 4) is 5.75 Å². The number of hydrogen-bond acceptors (Lipinski definition) is 2. The molecule has 94 valence electrons. The predicted octanol–water partition coefficient (Wildman–Crippen LogP) is 3.27. The van der Waals surface area contributed by atoms with Gasteiger partial charge in [0, 0.05) is 5.56 Å². The standard InChI is InChI=1S/C14H20O3/c1-5-10-6-7-11(8(2)3)12(13(10)15)9(4)14(16)17/h6-9,15H,5H2,1-4H3,(H,16,17). The highest BCUT2D eigenvalue weighted by molar-refractivity contribution is 5.78. The van der Waals surface area contributed by atoms with Gasteiger partial charge in [0.15, 0.2) is 0 Å². The lowest BCUT2D eigenvalue weighted by atomic mass is 9.87. The molecule has 0 spiro atoms. The maximum Gasteiger partial charge on any atom is 0.310 e. The average Bonchev–Trinajstić information content (AvgIpc) is 2.27. The summed E-state index contributed by atoms with van der Waals surface area (Å²) < 4.78 is 0. The van der Waals surface area contributed by atoms with E-state index in [-0.39, 0.29) is 11.7 Å². The van der Waals surface area contributed by atoms with Crippen LogP contribution >= 0.6 is 0 Å². The van der Waals surface area contributed by atoms with E-state index >= 15 is 0 Å². The zero-order chi connectivity index (χ0) is 13.2. The molecule has 0 saturated carbocycles. The van der Waals surface area contributed by atoms with Gasteiger partial charge in [0.05, 0.1) is 5.92 Å². The molecule has 0 amide bonds. The molecule has 0 aromatic heterocycles. The lowest BCUT2D eigenvalue weighted by Crippen LogP contribution is -2.12. The molecule has 3 nitrogen and oxygen atoms in total. The lowest BCUT2D eigenvalue weighted by molar-refractivity contribution is -0.138. The number of aromatic hydroxyl groups is 1. The average molecular weight is 236 g/mol. The number of aliphatic carboxylic acids is 1. The molecule has 0 aliphatic carbocycles. The van der Waals surface area contributed by atoms with Gasteiger partial charge in [-0.3, -0.25) is 4.79 Å². The first-order valence-electron chi connectivity index (χ1n) is 5.97. The first-order chi connectivity index (χ1) is 7.90. The summed E-state index contributed by atoms with van der Waals surface area (Å²) in [5, 5.41) is 19.3. The molecule has 0 aliphatic rings. The third kappa shape index (κ3) is 2.60. The smallest absolute Gasteiger partial charge is 0.310 e. The Kier molecular flexibility index (Phi) is 4.16. The summed E-state index contributed by atoms with van der Waals surface area (Å²) >= 11 is 0. The van der Waals surface area contributed by atoms with Crippen molar-refractivity contribution >= 4 is 5.97 Å². The fourth-order valence-electron chi connectivity index (χ4n) is 2.04. The zero-order valence-corrected chi connectivity index (χ0v) is 10.8. The maximum absolute atomic E-state index is 11.1. The second kappa shape index (κ2) is 5.21. The van der Waals surface area contributed by atoms with Crippen LogP contribution in [0.1, 0.15) is 56.2 Å². The van der Waals surface area contributed by atoms with Gasteiger partial charge < -0.3 is 10.2 Å². The third-order valence-corrected chi connectivity index (χ3v) is 3.14. The van der Waals surface area contributed by atoms with E-state index in [4.69, 9.17) is 5.11 Å². The molecule has 0 heterocycles. The van der Waals surface area contributed by atoms with Crippen molar-refractivity contribution in [2.75, 3.05) is 0 Å². The van der Waals surface area contributed by atoms with Crippen LogP contribution in [0, 0.1) is 0 Å². The lowest BCUT2D eigenvalue weighted by Gasteiger charge is -2.19. The van der Waals surface area contributed by atoms with Crippen LogP contribution in [-0.2, 0) is 11.2 Å². The summed E-state index contributed by atoms with van der Waals surface area (Å²) in [6, 6.07) is 3.81. The first-order valence-corrected chi connectivity index (χ1v) is 5.97. The van der Waals surface area contributed by atoms with Gasteiger partial charge in [-0.15, -0.1) is 0 Å². The molecular formula is C14H20O3. The van der Waals surface area contributed by atoms with Crippen LogP contribution in [0.3, 0.4) is 0 Å². The molecule has 1 aromatic rings. The van der Waals surface area contributed by atoms with E-state index in [9.17, 15) is 9.90 Å². The molecule has 0 bridgehead atoms. The zero-order valence-electron chi connectivity index (χ0n) is 10.8. The van der Waals surface area contributed by atoms with Crippen LogP contribution in [-0.4, -0.2) is 16.2 Å². The normalized spacial score (nSPS) is 12.8. The minimum atomic E-state index is -0.907. The molecule has 1 aromatic carbocycles. The number of rotatable bonds is 4. The Morgan fingerprint density at radius 1 is 1.29 bits per heavy atom. The van der Waals surface area contributed by atoms with Crippen molar-refractivity contribution < 1.29 is 15.0 Å². The Bertz CT molecular complexity index is 422. The molecule has 17 heavy (non-hydrogen) atoms. The summed E-state index contributed by atoms with van der Waals surface area (Å²) in [6.07, 6.45) is 0.698. The highest BCUT2D eigenvalue weighted by Gasteiger charge is 2.23. The molecule has 0 aliphatic heterocycles. The summed E-state index contributed by atoms with van der Waals surface area (Å²) in [7, 11) is 0. The molecule has 1 atom stereocenters. The molecule has 1 rings (SSSR count). The molecule has 3 heteroatoms. The molecule has 2 N–H and O–H groups in total. The quantitative estimate of drug-likeness (QED) is 0.843. The van der Waals surface area contributed by atoms with Crippen LogP contribution in [0.25, 0.3) is 0 Å². The van der Waals surface area contributed by atoms with Crippen molar-refractivity contribution in [2.24, 2.45) is 0 Å². The van der Waals surface area contributed by atoms with E-state index in [1.54, 1.807) is 6.92 Å². The van der Waals surface area contributed by atoms with Crippen LogP contribution < -0.4 is 0 Å². The Morgan fingerprint density at radius 3 is 2.29 bits per heavy atom. The Labute approximate surface area is 102 Å². The second-order valence-corrected chi connectivity index (χ2v) is 4.64. The van der Waals surface area contributed by atoms with E-state index in [1.165, 1.54) is 0 Å². The SMILES string of the molecule is CCc1ccc(C(C)C)c(C(C)C(=O)O)c1O. The summed E-state index contributed by atoms with van der Waals surface area (Å²) in [5.41, 5.74) is 2.28. The first kappa shape index (κ1) is 13.6. The fraction of sp³-hybridized carbons (Fsp3) is 0.500. The maximum atomic E-state index is 11.1. The van der Waals surface area contributed by atoms with Gasteiger partial charge >= 0.3 is 5.97 Å². The van der Waals surface area contributed by atoms with Crippen LogP contribution in [0.2, 0.25) is 0 Å². The van der Waals surface area contributed by atoms with E-state index in [1.807, 2.05) is 32.9 Å². The minimum Gasteiger partial charge on any atom is -0.507 e. The topological polar surface area (TPSA) is 57.5 Å². The highest BCUT2D eigenvalue weighted by Crippen LogP contribution is 2.36. The van der Waals surface area contributed by atoms with Gasteiger partial charge in [-0.1, -0.05) is 32.9 Å². The van der Waals surface area contributed by atoms with Gasteiger partial charge in [-0.2, -0.15) is 0 Å². The number of carbonyl (C=O) groups is 1. The molecule has 1 unspecified atom stereocenters. The number of benzene rings is 1. The number of hydrogen-bond donors (Lipinski definition) is 2. The van der Waals surface area contributed by atoms with Crippen molar-refractivity contribution in [3.05, 3.63) is 28.8 Å². The number of phenols is 1. The number of aryl methyl sites for hydroxylation is 1. The summed E-state index contributed by atoms with van der Waals surface area (Å²) in [5.74, 6) is -1.24. The molecule has 0 radical (unpaired) electrons. The van der Waals surface area contributed by atoms with Crippen molar-refractivity contribution in [1.82, 2.24) is 0 Å². The Balaban J connectivity index is 3.45. The predicted molar refractivity (Wildman–Crippen MR) is 67.6 cm³/mol. The highest BCUT2D eigenvalue weighted by atomic mass is 16.4. The van der Waals surface area contributed by atoms with E-state index in [0.29, 0.717) is 12.0 Å². The minimum absolute atomic E-state index is 0.147. The molecule has 0 fully saturated rings. The number of phenolic OH excluding ortho intramolecular Hbond substituents is 1. The van der Waals surface area contributed by atoms with E-state index in [0.717, 1.165) is 11.1 Å². The summed E-state index contributed by atoms with van der Waals surface area (Å²) in [6.45, 7) is 7.55. The Morgan fingerprint density at radius 2 is 1.88 bits per heavy atom. The Hall–Kier alpha value is -1.51. The molecular weight excluding hydrogens is 216 g/mol. The third-order valence-electron chi connectivity index (χ3n) is 3.14.